The Bertz CT molecular complexity index is 478. The van der Waals surface area contributed by atoms with Gasteiger partial charge in [-0.15, -0.1) is 0 Å². The SMILES string of the molecule is CC(C)(C)[C@@H]1CCCN(C(=O)C[C@@H]2CCS(=O)(=O)C2)CC1. The number of hydrogen-bond donors (Lipinski definition) is 0. The highest BCUT2D eigenvalue weighted by molar-refractivity contribution is 7.91. The van der Waals surface area contributed by atoms with E-state index in [2.05, 4.69) is 20.8 Å². The summed E-state index contributed by atoms with van der Waals surface area (Å²) in [6.07, 6.45) is 4.39. The molecule has 0 spiro atoms. The van der Waals surface area contributed by atoms with Gasteiger partial charge in [0.25, 0.3) is 0 Å². The van der Waals surface area contributed by atoms with E-state index in [-0.39, 0.29) is 23.3 Å². The summed E-state index contributed by atoms with van der Waals surface area (Å²) in [5.74, 6) is 1.34. The first-order valence-electron chi connectivity index (χ1n) is 8.15. The van der Waals surface area contributed by atoms with Crippen molar-refractivity contribution >= 4 is 15.7 Å². The minimum Gasteiger partial charge on any atom is -0.343 e. The Morgan fingerprint density at radius 2 is 1.86 bits per heavy atom. The number of likely N-dealkylation sites (tertiary alicyclic amines) is 1. The van der Waals surface area contributed by atoms with Crippen LogP contribution in [0.3, 0.4) is 0 Å². The van der Waals surface area contributed by atoms with E-state index in [1.54, 1.807) is 0 Å². The van der Waals surface area contributed by atoms with E-state index >= 15 is 0 Å². The number of nitrogens with zero attached hydrogens (tertiary/aromatic N) is 1. The van der Waals surface area contributed by atoms with Crippen molar-refractivity contribution in [1.82, 2.24) is 4.90 Å². The number of rotatable bonds is 2. The lowest BCUT2D eigenvalue weighted by molar-refractivity contribution is -0.132. The van der Waals surface area contributed by atoms with Gasteiger partial charge in [0.1, 0.15) is 0 Å². The summed E-state index contributed by atoms with van der Waals surface area (Å²) in [7, 11) is -2.88. The summed E-state index contributed by atoms with van der Waals surface area (Å²) in [4.78, 5) is 14.4. The number of carbonyl (C=O) groups is 1. The van der Waals surface area contributed by atoms with Crippen molar-refractivity contribution in [2.24, 2.45) is 17.3 Å². The Kier molecular flexibility index (Phi) is 5.01. The molecule has 2 fully saturated rings. The lowest BCUT2D eigenvalue weighted by atomic mass is 9.77. The van der Waals surface area contributed by atoms with Crippen molar-refractivity contribution in [3.63, 3.8) is 0 Å². The van der Waals surface area contributed by atoms with Gasteiger partial charge in [-0.25, -0.2) is 8.42 Å². The van der Waals surface area contributed by atoms with Gasteiger partial charge in [-0.1, -0.05) is 20.8 Å². The third-order valence-corrected chi connectivity index (χ3v) is 6.93. The van der Waals surface area contributed by atoms with Gasteiger partial charge >= 0.3 is 0 Å². The fourth-order valence-corrected chi connectivity index (χ4v) is 5.48. The van der Waals surface area contributed by atoms with Crippen LogP contribution in [0.4, 0.5) is 0 Å². The zero-order valence-corrected chi connectivity index (χ0v) is 14.4. The summed E-state index contributed by atoms with van der Waals surface area (Å²) in [6.45, 7) is 8.50. The quantitative estimate of drug-likeness (QED) is 0.786. The molecule has 122 valence electrons. The van der Waals surface area contributed by atoms with Crippen LogP contribution in [0.2, 0.25) is 0 Å². The second-order valence-corrected chi connectivity index (χ2v) is 10.1. The molecule has 4 nitrogen and oxygen atoms in total. The summed E-state index contributed by atoms with van der Waals surface area (Å²) in [5, 5.41) is 0. The molecule has 2 saturated heterocycles. The van der Waals surface area contributed by atoms with Gasteiger partial charge < -0.3 is 4.90 Å². The highest BCUT2D eigenvalue weighted by Gasteiger charge is 2.32. The molecule has 2 atom stereocenters. The topological polar surface area (TPSA) is 54.5 Å². The molecule has 1 amide bonds. The molecule has 0 radical (unpaired) electrons. The van der Waals surface area contributed by atoms with E-state index in [1.165, 1.54) is 6.42 Å². The van der Waals surface area contributed by atoms with Crippen molar-refractivity contribution < 1.29 is 13.2 Å². The Morgan fingerprint density at radius 1 is 1.14 bits per heavy atom. The van der Waals surface area contributed by atoms with Crippen molar-refractivity contribution in [1.29, 1.82) is 0 Å². The van der Waals surface area contributed by atoms with Crippen LogP contribution in [-0.4, -0.2) is 43.8 Å². The number of amides is 1. The Labute approximate surface area is 129 Å². The monoisotopic (exact) mass is 315 g/mol. The summed E-state index contributed by atoms with van der Waals surface area (Å²) >= 11 is 0. The molecule has 0 unspecified atom stereocenters. The lowest BCUT2D eigenvalue weighted by Gasteiger charge is -2.29. The second-order valence-electron chi connectivity index (χ2n) is 7.85. The maximum absolute atomic E-state index is 12.4. The molecular weight excluding hydrogens is 286 g/mol. The van der Waals surface area contributed by atoms with E-state index in [0.29, 0.717) is 24.2 Å². The van der Waals surface area contributed by atoms with Gasteiger partial charge in [-0.3, -0.25) is 4.79 Å². The molecule has 5 heteroatoms. The molecule has 0 aromatic rings. The first kappa shape index (κ1) is 16.8. The maximum Gasteiger partial charge on any atom is 0.222 e. The molecule has 0 aliphatic carbocycles. The molecule has 0 saturated carbocycles. The van der Waals surface area contributed by atoms with E-state index < -0.39 is 9.84 Å². The van der Waals surface area contributed by atoms with Crippen LogP contribution >= 0.6 is 0 Å². The zero-order chi connectivity index (χ0) is 15.7. The first-order valence-corrected chi connectivity index (χ1v) is 9.98. The molecule has 0 aromatic heterocycles. The van der Waals surface area contributed by atoms with Gasteiger partial charge in [-0.05, 0) is 42.9 Å². The van der Waals surface area contributed by atoms with Crippen molar-refractivity contribution in [3.05, 3.63) is 0 Å². The normalized spacial score (nSPS) is 30.1. The summed E-state index contributed by atoms with van der Waals surface area (Å²) in [5.41, 5.74) is 0.304. The smallest absolute Gasteiger partial charge is 0.222 e. The summed E-state index contributed by atoms with van der Waals surface area (Å²) in [6, 6.07) is 0. The van der Waals surface area contributed by atoms with Gasteiger partial charge in [0, 0.05) is 19.5 Å². The van der Waals surface area contributed by atoms with Crippen LogP contribution in [-0.2, 0) is 14.6 Å². The van der Waals surface area contributed by atoms with Crippen molar-refractivity contribution in [2.75, 3.05) is 24.6 Å². The second kappa shape index (κ2) is 6.27. The van der Waals surface area contributed by atoms with Crippen LogP contribution in [0.25, 0.3) is 0 Å². The largest absolute Gasteiger partial charge is 0.343 e. The molecule has 0 bridgehead atoms. The predicted molar refractivity (Wildman–Crippen MR) is 84.8 cm³/mol. The number of carbonyl (C=O) groups excluding carboxylic acids is 1. The highest BCUT2D eigenvalue weighted by atomic mass is 32.2. The predicted octanol–water partition coefficient (Wildman–Crippen LogP) is 2.49. The Morgan fingerprint density at radius 3 is 2.43 bits per heavy atom. The standard InChI is InChI=1S/C16H29NO3S/c1-16(2,3)14-5-4-8-17(9-6-14)15(18)11-13-7-10-21(19,20)12-13/h13-14H,4-12H2,1-3H3/t13-,14+/m0/s1. The molecule has 2 rings (SSSR count). The molecule has 0 aromatic carbocycles. The van der Waals surface area contributed by atoms with Crippen LogP contribution < -0.4 is 0 Å². The van der Waals surface area contributed by atoms with E-state index in [9.17, 15) is 13.2 Å². The third-order valence-electron chi connectivity index (χ3n) is 5.10. The van der Waals surface area contributed by atoms with E-state index in [0.717, 1.165) is 25.9 Å². The van der Waals surface area contributed by atoms with Crippen LogP contribution in [0.15, 0.2) is 0 Å². The average Bonchev–Trinajstić information content (AvgIpc) is 2.59. The zero-order valence-electron chi connectivity index (χ0n) is 13.6. The van der Waals surface area contributed by atoms with Crippen LogP contribution in [0, 0.1) is 17.3 Å². The van der Waals surface area contributed by atoms with E-state index in [1.807, 2.05) is 4.90 Å². The van der Waals surface area contributed by atoms with Crippen LogP contribution in [0.5, 0.6) is 0 Å². The molecule has 2 aliphatic rings. The number of sulfone groups is 1. The third kappa shape index (κ3) is 4.70. The molecule has 2 aliphatic heterocycles. The average molecular weight is 315 g/mol. The van der Waals surface area contributed by atoms with Crippen molar-refractivity contribution in [2.45, 2.75) is 52.9 Å². The van der Waals surface area contributed by atoms with E-state index in [4.69, 9.17) is 0 Å². The van der Waals surface area contributed by atoms with Gasteiger partial charge in [0.15, 0.2) is 9.84 Å². The Hall–Kier alpha value is -0.580. The number of hydrogen-bond acceptors (Lipinski definition) is 3. The van der Waals surface area contributed by atoms with Gasteiger partial charge in [0.2, 0.25) is 5.91 Å². The lowest BCUT2D eigenvalue weighted by Crippen LogP contribution is -2.33. The Balaban J connectivity index is 1.86. The van der Waals surface area contributed by atoms with Crippen LogP contribution in [0.1, 0.15) is 52.9 Å². The first-order chi connectivity index (χ1) is 9.67. The molecule has 0 N–H and O–H groups in total. The van der Waals surface area contributed by atoms with Crippen molar-refractivity contribution in [3.8, 4) is 0 Å². The maximum atomic E-state index is 12.4. The minimum atomic E-state index is -2.88. The van der Waals surface area contributed by atoms with Gasteiger partial charge in [-0.2, -0.15) is 0 Å². The molecular formula is C16H29NO3S. The summed E-state index contributed by atoms with van der Waals surface area (Å²) < 4.78 is 23.0. The minimum absolute atomic E-state index is 0.0455. The fourth-order valence-electron chi connectivity index (χ4n) is 3.62. The van der Waals surface area contributed by atoms with Gasteiger partial charge in [0.05, 0.1) is 11.5 Å². The molecule has 2 heterocycles. The fraction of sp³-hybridized carbons (Fsp3) is 0.938. The molecule has 21 heavy (non-hydrogen) atoms. The highest BCUT2D eigenvalue weighted by Crippen LogP contribution is 2.34.